The van der Waals surface area contributed by atoms with Crippen molar-refractivity contribution in [2.24, 2.45) is 0 Å². The van der Waals surface area contributed by atoms with E-state index in [-0.39, 0.29) is 0 Å². The zero-order valence-electron chi connectivity index (χ0n) is 64.9. The van der Waals surface area contributed by atoms with Gasteiger partial charge in [-0.25, -0.2) is 4.37 Å². The third-order valence-corrected chi connectivity index (χ3v) is 21.5. The number of pyridine rings is 2. The minimum Gasteiger partial charge on any atom is -0.361 e. The molecule has 0 aliphatic carbocycles. The molecule has 8 aromatic carbocycles. The van der Waals surface area contributed by atoms with Gasteiger partial charge in [0.25, 0.3) is 0 Å². The molecule has 110 heavy (non-hydrogen) atoms. The Morgan fingerprint density at radius 1 is 0.282 bits per heavy atom. The molecule has 0 atom stereocenters. The van der Waals surface area contributed by atoms with E-state index in [1.165, 1.54) is 60.9 Å². The predicted molar refractivity (Wildman–Crippen MR) is 451 cm³/mol. The summed E-state index contributed by atoms with van der Waals surface area (Å²) < 4.78 is 25.6. The van der Waals surface area contributed by atoms with Gasteiger partial charge in [-0.15, -0.1) is 11.3 Å². The first-order valence-electron chi connectivity index (χ1n) is 36.3. The van der Waals surface area contributed by atoms with Crippen molar-refractivity contribution >= 4 is 68.4 Å². The van der Waals surface area contributed by atoms with Crippen LogP contribution >= 0.6 is 22.9 Å². The summed E-state index contributed by atoms with van der Waals surface area (Å²) in [6, 6.07) is 68.4. The average Bonchev–Trinajstić information content (AvgIpc) is 1.31. The molecule has 8 aromatic heterocycles. The van der Waals surface area contributed by atoms with E-state index in [1.54, 1.807) is 17.5 Å². The summed E-state index contributed by atoms with van der Waals surface area (Å²) in [7, 11) is 8.39. The van der Waals surface area contributed by atoms with E-state index in [4.69, 9.17) is 18.1 Å². The summed E-state index contributed by atoms with van der Waals surface area (Å²) in [5.74, 6) is 3.38. The van der Waals surface area contributed by atoms with E-state index >= 15 is 0 Å². The SMILES string of the molecule is Cc1ccc(-c2c(C)noc2C)cc1N(C)c1ccc(-c2cccnc2)cc1.Cc1ccc(-c2c(C)noc2C)cc1N(C)c1ccc(-c2ccncc2)cc1.Cc1ccc(-c2c(C)noc2C)cc1N(C)c1ccc(-c2cncs2)cc1.Cc1ccc(-c2c(C)noc2C)cc1N(C)c1ccc(-c2cnsc2)cc1. The highest BCUT2D eigenvalue weighted by molar-refractivity contribution is 7.13. The minimum absolute atomic E-state index is 0.843. The maximum atomic E-state index is 5.35. The van der Waals surface area contributed by atoms with Gasteiger partial charge in [-0.3, -0.25) is 15.0 Å². The molecule has 0 aliphatic heterocycles. The third kappa shape index (κ3) is 16.7. The van der Waals surface area contributed by atoms with E-state index in [9.17, 15) is 0 Å². The summed E-state index contributed by atoms with van der Waals surface area (Å²) in [6.45, 7) is 24.3. The highest BCUT2D eigenvalue weighted by atomic mass is 32.1. The Morgan fingerprint density at radius 3 is 0.891 bits per heavy atom. The first-order valence-corrected chi connectivity index (χ1v) is 38.0. The summed E-state index contributed by atoms with van der Waals surface area (Å²) >= 11 is 3.13. The zero-order chi connectivity index (χ0) is 77.3. The van der Waals surface area contributed by atoms with Crippen LogP contribution in [0.1, 0.15) is 68.1 Å². The maximum absolute atomic E-state index is 5.35. The van der Waals surface area contributed by atoms with Crippen LogP contribution in [-0.2, 0) is 0 Å². The number of nitrogens with zero attached hydrogens (tertiary/aromatic N) is 12. The Balaban J connectivity index is 0.000000129. The van der Waals surface area contributed by atoms with Gasteiger partial charge in [0.2, 0.25) is 0 Å². The molecular weight excluding hydrogens is 1400 g/mol. The predicted octanol–water partition coefficient (Wildman–Crippen LogP) is 24.5. The van der Waals surface area contributed by atoms with Gasteiger partial charge in [-0.05, 0) is 264 Å². The lowest BCUT2D eigenvalue weighted by atomic mass is 10.0. The van der Waals surface area contributed by atoms with E-state index in [0.29, 0.717) is 0 Å². The smallest absolute Gasteiger partial charge is 0.141 e. The summed E-state index contributed by atoms with van der Waals surface area (Å²) in [6.07, 6.45) is 11.1. The largest absolute Gasteiger partial charge is 0.361 e. The van der Waals surface area contributed by atoms with Crippen LogP contribution in [0.25, 0.3) is 88.3 Å². The number of aryl methyl sites for hydroxylation is 12. The van der Waals surface area contributed by atoms with Gasteiger partial charge in [0.15, 0.2) is 0 Å². The van der Waals surface area contributed by atoms with Crippen LogP contribution in [-0.4, -0.2) is 68.1 Å². The molecule has 16 rings (SSSR count). The number of rotatable bonds is 16. The number of hydrogen-bond acceptors (Lipinski definition) is 18. The fourth-order valence-electron chi connectivity index (χ4n) is 13.9. The third-order valence-electron chi connectivity index (χ3n) is 20.1. The standard InChI is InChI=1S/2C24H23N3O.2C22H21N3OS/c1-16-5-6-21(24-17(2)26-28-18(24)3)15-23(16)27(4)22-9-7-19(8-10-22)20-11-13-25-14-12-20;1-16-7-8-20(24-17(2)26-28-18(24)3)14-23(16)27(4)22-11-9-19(10-12-22)21-6-5-13-25-15-21;1-14-5-6-18(22-15(2)24-26-16(22)3)11-21(14)25(4)20-9-7-17(8-10-20)19-12-23-27-13-19;1-14-5-6-18(22-15(2)24-26-16(22)3)11-20(14)25(4)19-9-7-17(8-10-19)21-12-23-13-27-21/h2*5-15H,1-4H3;2*5-13H,1-4H3. The molecule has 8 heterocycles. The number of hydrogen-bond donors (Lipinski definition) is 0. The molecule has 0 saturated heterocycles. The zero-order valence-corrected chi connectivity index (χ0v) is 66.5. The topological polar surface area (TPSA) is 169 Å². The van der Waals surface area contributed by atoms with Crippen LogP contribution in [0.4, 0.5) is 45.5 Å². The lowest BCUT2D eigenvalue weighted by Crippen LogP contribution is -2.11. The fourth-order valence-corrected chi connectivity index (χ4v) is 15.1. The first kappa shape index (κ1) is 75.6. The van der Waals surface area contributed by atoms with Crippen molar-refractivity contribution in [2.45, 2.75) is 83.1 Å². The lowest BCUT2D eigenvalue weighted by Gasteiger charge is -2.23. The molecule has 0 aliphatic rings. The average molecular weight is 1490 g/mol. The van der Waals surface area contributed by atoms with E-state index < -0.39 is 0 Å². The van der Waals surface area contributed by atoms with Gasteiger partial charge in [0.1, 0.15) is 23.0 Å². The maximum Gasteiger partial charge on any atom is 0.141 e. The molecular formula is C92H88N12O4S2. The number of aromatic nitrogens is 8. The Hall–Kier alpha value is -12.6. The molecule has 16 aromatic rings. The van der Waals surface area contributed by atoms with E-state index in [2.05, 4.69) is 297 Å². The number of benzene rings is 8. The fraction of sp³-hybridized carbons (Fsp3) is 0.174. The number of anilines is 8. The molecule has 552 valence electrons. The lowest BCUT2D eigenvalue weighted by molar-refractivity contribution is 0.393. The molecule has 0 N–H and O–H groups in total. The molecule has 0 fully saturated rings. The summed E-state index contributed by atoms with van der Waals surface area (Å²) in [5, 5.41) is 18.4. The van der Waals surface area contributed by atoms with Gasteiger partial charge in [-0.2, -0.15) is 0 Å². The normalized spacial score (nSPS) is 10.9. The Bertz CT molecular complexity index is 5320. The molecule has 0 radical (unpaired) electrons. The summed E-state index contributed by atoms with van der Waals surface area (Å²) in [5.41, 5.74) is 36.5. The van der Waals surface area contributed by atoms with Gasteiger partial charge < -0.3 is 37.7 Å². The second kappa shape index (κ2) is 33.7. The molecule has 0 amide bonds. The molecule has 0 spiro atoms. The van der Waals surface area contributed by atoms with E-state index in [1.807, 2.05) is 110 Å². The highest BCUT2D eigenvalue weighted by Crippen LogP contribution is 2.41. The molecule has 0 bridgehead atoms. The van der Waals surface area contributed by atoms with Crippen LogP contribution in [0.15, 0.2) is 260 Å². The Morgan fingerprint density at radius 2 is 0.600 bits per heavy atom. The van der Waals surface area contributed by atoms with Crippen LogP contribution in [0.2, 0.25) is 0 Å². The van der Waals surface area contributed by atoms with Crippen LogP contribution < -0.4 is 19.6 Å². The van der Waals surface area contributed by atoms with Crippen LogP contribution in [0, 0.1) is 83.1 Å². The van der Waals surface area contributed by atoms with Crippen LogP contribution in [0.3, 0.4) is 0 Å². The monoisotopic (exact) mass is 1490 g/mol. The van der Waals surface area contributed by atoms with Gasteiger partial charge >= 0.3 is 0 Å². The highest BCUT2D eigenvalue weighted by Gasteiger charge is 2.21. The summed E-state index contributed by atoms with van der Waals surface area (Å²) in [4.78, 5) is 22.5. The van der Waals surface area contributed by atoms with Gasteiger partial charge in [0.05, 0.1) is 33.2 Å². The second-order valence-corrected chi connectivity index (χ2v) is 29.0. The van der Waals surface area contributed by atoms with Crippen molar-refractivity contribution in [1.29, 1.82) is 0 Å². The van der Waals surface area contributed by atoms with Crippen molar-refractivity contribution in [2.75, 3.05) is 47.8 Å². The molecule has 0 saturated carbocycles. The Kier molecular flexibility index (Phi) is 23.1. The van der Waals surface area contributed by atoms with Gasteiger partial charge in [0, 0.05) is 144 Å². The van der Waals surface area contributed by atoms with Gasteiger partial charge in [-0.1, -0.05) is 124 Å². The van der Waals surface area contributed by atoms with E-state index in [0.717, 1.165) is 153 Å². The minimum atomic E-state index is 0.843. The molecule has 16 nitrogen and oxygen atoms in total. The second-order valence-electron chi connectivity index (χ2n) is 27.5. The van der Waals surface area contributed by atoms with Crippen LogP contribution in [0.5, 0.6) is 0 Å². The molecule has 18 heteroatoms. The van der Waals surface area contributed by atoms with Crippen molar-refractivity contribution in [1.82, 2.24) is 40.0 Å². The Labute approximate surface area is 651 Å². The van der Waals surface area contributed by atoms with Crippen molar-refractivity contribution < 1.29 is 18.1 Å². The molecule has 0 unspecified atom stereocenters. The number of thiazole rings is 1. The van der Waals surface area contributed by atoms with Crippen molar-refractivity contribution in [3.8, 4) is 88.3 Å². The first-order chi connectivity index (χ1) is 53.2. The van der Waals surface area contributed by atoms with Crippen molar-refractivity contribution in [3.63, 3.8) is 0 Å². The quantitative estimate of drug-likeness (QED) is 0.0895. The van der Waals surface area contributed by atoms with Crippen molar-refractivity contribution in [3.05, 3.63) is 310 Å².